The highest BCUT2D eigenvalue weighted by molar-refractivity contribution is 5.92. The minimum absolute atomic E-state index is 0.0358. The van der Waals surface area contributed by atoms with E-state index in [4.69, 9.17) is 4.74 Å². The molecule has 156 valence electrons. The Kier molecular flexibility index (Phi) is 6.77. The number of pyridine rings is 1. The van der Waals surface area contributed by atoms with Crippen LogP contribution in [0.25, 0.3) is 0 Å². The van der Waals surface area contributed by atoms with Crippen molar-refractivity contribution in [2.75, 3.05) is 5.32 Å². The van der Waals surface area contributed by atoms with Crippen molar-refractivity contribution < 1.29 is 27.4 Å². The van der Waals surface area contributed by atoms with Crippen LogP contribution in [0.2, 0.25) is 0 Å². The molecule has 2 N–H and O–H groups in total. The zero-order chi connectivity index (χ0) is 20.1. The summed E-state index contributed by atoms with van der Waals surface area (Å²) in [4.78, 5) is 26.7. The monoisotopic (exact) mass is 402 g/mol. The number of aromatic amines is 1. The standard InChI is InChI=1S/C19H25F3N2O4/c20-19(21,22)28-14-6-7-16(27-13-4-2-1-3-5-13)15(11-14)18(26)24-12-8-9-23-17(25)10-12/h8-10,13-16H,1-7,11H2,(H2,23,24,25,26). The van der Waals surface area contributed by atoms with Crippen LogP contribution in [0.4, 0.5) is 18.9 Å². The van der Waals surface area contributed by atoms with Crippen molar-refractivity contribution in [3.8, 4) is 0 Å². The van der Waals surface area contributed by atoms with Gasteiger partial charge in [-0.05, 0) is 38.2 Å². The topological polar surface area (TPSA) is 80.4 Å². The smallest absolute Gasteiger partial charge is 0.374 e. The van der Waals surface area contributed by atoms with E-state index in [2.05, 4.69) is 15.0 Å². The number of halogens is 3. The highest BCUT2D eigenvalue weighted by Crippen LogP contribution is 2.35. The third-order valence-corrected chi connectivity index (χ3v) is 5.34. The molecule has 0 spiro atoms. The second-order valence-electron chi connectivity index (χ2n) is 7.47. The molecular formula is C19H25F3N2O4. The summed E-state index contributed by atoms with van der Waals surface area (Å²) in [5.74, 6) is -1.23. The summed E-state index contributed by atoms with van der Waals surface area (Å²) in [6.07, 6.45) is 0.651. The van der Waals surface area contributed by atoms with Gasteiger partial charge in [0.05, 0.1) is 24.2 Å². The van der Waals surface area contributed by atoms with Crippen LogP contribution in [0.3, 0.4) is 0 Å². The number of anilines is 1. The van der Waals surface area contributed by atoms with Crippen LogP contribution >= 0.6 is 0 Å². The van der Waals surface area contributed by atoms with Crippen LogP contribution in [0.15, 0.2) is 23.1 Å². The average molecular weight is 402 g/mol. The summed E-state index contributed by atoms with van der Waals surface area (Å²) in [6.45, 7) is 0. The van der Waals surface area contributed by atoms with E-state index in [9.17, 15) is 22.8 Å². The molecule has 3 unspecified atom stereocenters. The number of nitrogens with one attached hydrogen (secondary N) is 2. The Morgan fingerprint density at radius 3 is 2.54 bits per heavy atom. The van der Waals surface area contributed by atoms with Crippen LogP contribution in [-0.4, -0.2) is 35.6 Å². The Hall–Kier alpha value is -1.87. The molecule has 1 aromatic heterocycles. The van der Waals surface area contributed by atoms with Gasteiger partial charge in [0.1, 0.15) is 0 Å². The van der Waals surface area contributed by atoms with Gasteiger partial charge < -0.3 is 15.0 Å². The number of hydrogen-bond acceptors (Lipinski definition) is 4. The average Bonchev–Trinajstić information content (AvgIpc) is 2.62. The number of H-pyrrole nitrogens is 1. The van der Waals surface area contributed by atoms with Gasteiger partial charge in [-0.3, -0.25) is 14.3 Å². The van der Waals surface area contributed by atoms with Crippen LogP contribution in [-0.2, 0) is 14.3 Å². The molecule has 1 aromatic rings. The SMILES string of the molecule is O=C(Nc1cc[nH]c(=O)c1)C1CC(OC(F)(F)F)CCC1OC1CCCCC1. The van der Waals surface area contributed by atoms with E-state index in [-0.39, 0.29) is 24.5 Å². The minimum Gasteiger partial charge on any atom is -0.374 e. The number of aromatic nitrogens is 1. The van der Waals surface area contributed by atoms with Crippen LogP contribution < -0.4 is 10.9 Å². The molecule has 1 amide bonds. The third kappa shape index (κ3) is 6.07. The molecule has 2 aliphatic carbocycles. The number of carbonyl (C=O) groups is 1. The molecule has 0 bridgehead atoms. The molecule has 28 heavy (non-hydrogen) atoms. The van der Waals surface area contributed by atoms with Crippen molar-refractivity contribution in [3.63, 3.8) is 0 Å². The highest BCUT2D eigenvalue weighted by Gasteiger charge is 2.42. The molecule has 0 aromatic carbocycles. The van der Waals surface area contributed by atoms with Crippen molar-refractivity contribution in [3.05, 3.63) is 28.7 Å². The maximum atomic E-state index is 12.8. The lowest BCUT2D eigenvalue weighted by Crippen LogP contribution is -2.44. The van der Waals surface area contributed by atoms with Gasteiger partial charge in [0.2, 0.25) is 11.5 Å². The quantitative estimate of drug-likeness (QED) is 0.786. The van der Waals surface area contributed by atoms with Crippen molar-refractivity contribution in [1.29, 1.82) is 0 Å². The molecule has 3 atom stereocenters. The lowest BCUT2D eigenvalue weighted by molar-refractivity contribution is -0.347. The predicted octanol–water partition coefficient (Wildman–Crippen LogP) is 3.74. The van der Waals surface area contributed by atoms with Crippen LogP contribution in [0, 0.1) is 5.92 Å². The molecule has 6 nitrogen and oxygen atoms in total. The number of carbonyl (C=O) groups excluding carboxylic acids is 1. The lowest BCUT2D eigenvalue weighted by Gasteiger charge is -2.38. The summed E-state index contributed by atoms with van der Waals surface area (Å²) in [5, 5.41) is 2.63. The second kappa shape index (κ2) is 9.09. The van der Waals surface area contributed by atoms with E-state index in [1.807, 2.05) is 0 Å². The van der Waals surface area contributed by atoms with Crippen molar-refractivity contribution in [2.24, 2.45) is 5.92 Å². The molecule has 3 rings (SSSR count). The molecule has 9 heteroatoms. The first-order chi connectivity index (χ1) is 13.3. The Balaban J connectivity index is 1.70. The zero-order valence-electron chi connectivity index (χ0n) is 15.5. The van der Waals surface area contributed by atoms with Crippen LogP contribution in [0.5, 0.6) is 0 Å². The number of ether oxygens (including phenoxy) is 2. The Morgan fingerprint density at radius 2 is 1.86 bits per heavy atom. The molecule has 2 fully saturated rings. The number of hydrogen-bond donors (Lipinski definition) is 2. The Labute approximate surface area is 160 Å². The fraction of sp³-hybridized carbons (Fsp3) is 0.684. The fourth-order valence-electron chi connectivity index (χ4n) is 4.04. The first kappa shape index (κ1) is 20.9. The molecule has 0 aliphatic heterocycles. The van der Waals surface area contributed by atoms with Gasteiger partial charge in [0, 0.05) is 18.0 Å². The van der Waals surface area contributed by atoms with Gasteiger partial charge in [0.15, 0.2) is 0 Å². The van der Waals surface area contributed by atoms with E-state index in [0.717, 1.165) is 32.1 Å². The predicted molar refractivity (Wildman–Crippen MR) is 95.7 cm³/mol. The van der Waals surface area contributed by atoms with E-state index >= 15 is 0 Å². The van der Waals surface area contributed by atoms with Gasteiger partial charge in [-0.2, -0.15) is 0 Å². The largest absolute Gasteiger partial charge is 0.522 e. The van der Waals surface area contributed by atoms with Gasteiger partial charge in [0.25, 0.3) is 0 Å². The van der Waals surface area contributed by atoms with Crippen molar-refractivity contribution in [1.82, 2.24) is 4.98 Å². The summed E-state index contributed by atoms with van der Waals surface area (Å²) >= 11 is 0. The first-order valence-electron chi connectivity index (χ1n) is 9.70. The molecule has 1 heterocycles. The maximum Gasteiger partial charge on any atom is 0.522 e. The van der Waals surface area contributed by atoms with E-state index < -0.39 is 30.4 Å². The molecule has 0 saturated heterocycles. The zero-order valence-corrected chi connectivity index (χ0v) is 15.5. The summed E-state index contributed by atoms with van der Waals surface area (Å²) in [6, 6.07) is 2.74. The Bertz CT molecular complexity index is 716. The first-order valence-corrected chi connectivity index (χ1v) is 9.70. The molecule has 0 radical (unpaired) electrons. The van der Waals surface area contributed by atoms with Crippen molar-refractivity contribution >= 4 is 11.6 Å². The van der Waals surface area contributed by atoms with Crippen LogP contribution in [0.1, 0.15) is 51.4 Å². The lowest BCUT2D eigenvalue weighted by atomic mass is 9.83. The second-order valence-corrected chi connectivity index (χ2v) is 7.47. The molecular weight excluding hydrogens is 377 g/mol. The summed E-state index contributed by atoms with van der Waals surface area (Å²) in [7, 11) is 0. The molecule has 2 saturated carbocycles. The van der Waals surface area contributed by atoms with E-state index in [1.165, 1.54) is 18.3 Å². The Morgan fingerprint density at radius 1 is 1.11 bits per heavy atom. The number of rotatable bonds is 5. The van der Waals surface area contributed by atoms with E-state index in [1.54, 1.807) is 0 Å². The van der Waals surface area contributed by atoms with Gasteiger partial charge in [-0.15, -0.1) is 13.2 Å². The normalized spacial score (nSPS) is 26.8. The minimum atomic E-state index is -4.74. The summed E-state index contributed by atoms with van der Waals surface area (Å²) < 4.78 is 48.2. The highest BCUT2D eigenvalue weighted by atomic mass is 19.4. The summed E-state index contributed by atoms with van der Waals surface area (Å²) in [5.41, 5.74) is -0.0845. The molecule has 2 aliphatic rings. The van der Waals surface area contributed by atoms with Crippen molar-refractivity contribution in [2.45, 2.75) is 76.0 Å². The van der Waals surface area contributed by atoms with Gasteiger partial charge >= 0.3 is 6.36 Å². The maximum absolute atomic E-state index is 12.8. The third-order valence-electron chi connectivity index (χ3n) is 5.34. The fourth-order valence-corrected chi connectivity index (χ4v) is 4.04. The van der Waals surface area contributed by atoms with E-state index in [0.29, 0.717) is 12.1 Å². The van der Waals surface area contributed by atoms with Gasteiger partial charge in [-0.1, -0.05) is 19.3 Å². The van der Waals surface area contributed by atoms with Gasteiger partial charge in [-0.25, -0.2) is 0 Å². The number of alkyl halides is 3. The number of amides is 1.